The monoisotopic (exact) mass is 316 g/mol. The van der Waals surface area contributed by atoms with E-state index in [9.17, 15) is 0 Å². The summed E-state index contributed by atoms with van der Waals surface area (Å²) in [6, 6.07) is 4.99. The predicted molar refractivity (Wildman–Crippen MR) is 77.6 cm³/mol. The Balaban J connectivity index is 2.37. The zero-order valence-electron chi connectivity index (χ0n) is 10.2. The van der Waals surface area contributed by atoms with Crippen LogP contribution in [0.1, 0.15) is 18.9 Å². The molecule has 0 radical (unpaired) electrons. The molecule has 2 aromatic rings. The average molecular weight is 318 g/mol. The summed E-state index contributed by atoms with van der Waals surface area (Å²) in [5.74, 6) is 0.854. The Bertz CT molecular complexity index is 590. The summed E-state index contributed by atoms with van der Waals surface area (Å²) in [4.78, 5) is 8.06. The maximum Gasteiger partial charge on any atom is 0.227 e. The number of hydrogen-bond acceptors (Lipinski definition) is 3. The van der Waals surface area contributed by atoms with Crippen LogP contribution in [0.2, 0.25) is 15.2 Å². The highest BCUT2D eigenvalue weighted by Crippen LogP contribution is 2.34. The number of nitrogens with zero attached hydrogens (tertiary/aromatic N) is 2. The zero-order chi connectivity index (χ0) is 13.8. The van der Waals surface area contributed by atoms with E-state index in [1.165, 1.54) is 6.33 Å². The van der Waals surface area contributed by atoms with Crippen molar-refractivity contribution in [2.24, 2.45) is 0 Å². The van der Waals surface area contributed by atoms with Crippen molar-refractivity contribution >= 4 is 34.8 Å². The van der Waals surface area contributed by atoms with Gasteiger partial charge in [0.15, 0.2) is 0 Å². The molecule has 100 valence electrons. The standard InChI is InChI=1S/C13H11Cl3N2O/c1-2-3-9-12(16)17-7-18-13(9)19-11-6-8(14)4-5-10(11)15/h4-7H,2-3H2,1H3. The number of benzene rings is 1. The summed E-state index contributed by atoms with van der Waals surface area (Å²) in [7, 11) is 0. The molecule has 19 heavy (non-hydrogen) atoms. The quantitative estimate of drug-likeness (QED) is 0.729. The number of halogens is 3. The first-order chi connectivity index (χ1) is 9.11. The van der Waals surface area contributed by atoms with Crippen LogP contribution in [0.15, 0.2) is 24.5 Å². The Morgan fingerprint density at radius 1 is 1.16 bits per heavy atom. The summed E-state index contributed by atoms with van der Waals surface area (Å²) in [6.07, 6.45) is 3.00. The molecule has 0 unspecified atom stereocenters. The molecular formula is C13H11Cl3N2O. The topological polar surface area (TPSA) is 35.0 Å². The van der Waals surface area contributed by atoms with Crippen LogP contribution in [0.3, 0.4) is 0 Å². The minimum atomic E-state index is 0.394. The van der Waals surface area contributed by atoms with E-state index in [-0.39, 0.29) is 0 Å². The third-order valence-corrected chi connectivity index (χ3v) is 3.33. The van der Waals surface area contributed by atoms with Crippen molar-refractivity contribution in [2.75, 3.05) is 0 Å². The minimum Gasteiger partial charge on any atom is -0.437 e. The van der Waals surface area contributed by atoms with E-state index in [2.05, 4.69) is 9.97 Å². The van der Waals surface area contributed by atoms with Crippen molar-refractivity contribution < 1.29 is 4.74 Å². The summed E-state index contributed by atoms with van der Waals surface area (Å²) >= 11 is 18.0. The molecule has 3 nitrogen and oxygen atoms in total. The molecule has 0 saturated carbocycles. The van der Waals surface area contributed by atoms with Crippen molar-refractivity contribution in [1.82, 2.24) is 9.97 Å². The summed E-state index contributed by atoms with van der Waals surface area (Å²) in [6.45, 7) is 2.04. The van der Waals surface area contributed by atoms with Crippen molar-refractivity contribution in [3.63, 3.8) is 0 Å². The molecule has 1 aromatic carbocycles. The van der Waals surface area contributed by atoms with Crippen molar-refractivity contribution in [2.45, 2.75) is 19.8 Å². The molecule has 0 saturated heterocycles. The Morgan fingerprint density at radius 2 is 1.95 bits per heavy atom. The maximum absolute atomic E-state index is 6.06. The molecule has 0 bridgehead atoms. The number of hydrogen-bond donors (Lipinski definition) is 0. The second kappa shape index (κ2) is 6.42. The summed E-state index contributed by atoms with van der Waals surface area (Å²) in [5.41, 5.74) is 0.766. The normalized spacial score (nSPS) is 10.5. The largest absolute Gasteiger partial charge is 0.437 e. The van der Waals surface area contributed by atoms with Crippen molar-refractivity contribution in [1.29, 1.82) is 0 Å². The van der Waals surface area contributed by atoms with Crippen LogP contribution in [0.4, 0.5) is 0 Å². The second-order valence-electron chi connectivity index (χ2n) is 3.87. The predicted octanol–water partition coefficient (Wildman–Crippen LogP) is 5.18. The van der Waals surface area contributed by atoms with Gasteiger partial charge in [-0.05, 0) is 18.6 Å². The lowest BCUT2D eigenvalue weighted by Crippen LogP contribution is -1.98. The van der Waals surface area contributed by atoms with Crippen molar-refractivity contribution in [3.05, 3.63) is 45.3 Å². The lowest BCUT2D eigenvalue weighted by atomic mass is 10.2. The van der Waals surface area contributed by atoms with Crippen LogP contribution in [0.25, 0.3) is 0 Å². The molecule has 0 aliphatic heterocycles. The Kier molecular flexibility index (Phi) is 4.86. The van der Waals surface area contributed by atoms with Gasteiger partial charge in [0.05, 0.1) is 10.6 Å². The van der Waals surface area contributed by atoms with E-state index < -0.39 is 0 Å². The fourth-order valence-corrected chi connectivity index (χ4v) is 2.12. The molecule has 1 heterocycles. The van der Waals surface area contributed by atoms with Gasteiger partial charge >= 0.3 is 0 Å². The maximum atomic E-state index is 6.06. The lowest BCUT2D eigenvalue weighted by molar-refractivity contribution is 0.454. The lowest BCUT2D eigenvalue weighted by Gasteiger charge is -2.11. The van der Waals surface area contributed by atoms with Crippen molar-refractivity contribution in [3.8, 4) is 11.6 Å². The Morgan fingerprint density at radius 3 is 2.68 bits per heavy atom. The van der Waals surface area contributed by atoms with Gasteiger partial charge in [0.25, 0.3) is 0 Å². The fraction of sp³-hybridized carbons (Fsp3) is 0.231. The Labute approximate surface area is 126 Å². The summed E-state index contributed by atoms with van der Waals surface area (Å²) in [5, 5.41) is 1.39. The van der Waals surface area contributed by atoms with Gasteiger partial charge in [0.2, 0.25) is 5.88 Å². The van der Waals surface area contributed by atoms with Gasteiger partial charge in [-0.3, -0.25) is 0 Å². The third kappa shape index (κ3) is 3.50. The van der Waals surface area contributed by atoms with E-state index in [1.807, 2.05) is 6.92 Å². The SMILES string of the molecule is CCCc1c(Cl)ncnc1Oc1cc(Cl)ccc1Cl. The molecule has 0 amide bonds. The molecule has 0 fully saturated rings. The molecule has 0 N–H and O–H groups in total. The highest BCUT2D eigenvalue weighted by Gasteiger charge is 2.13. The zero-order valence-corrected chi connectivity index (χ0v) is 12.4. The first-order valence-electron chi connectivity index (χ1n) is 5.74. The van der Waals surface area contributed by atoms with E-state index in [0.29, 0.717) is 26.8 Å². The number of ether oxygens (including phenoxy) is 1. The fourth-order valence-electron chi connectivity index (χ4n) is 1.58. The van der Waals surface area contributed by atoms with E-state index >= 15 is 0 Å². The van der Waals surface area contributed by atoms with Gasteiger partial charge in [-0.15, -0.1) is 0 Å². The number of aromatic nitrogens is 2. The van der Waals surface area contributed by atoms with Gasteiger partial charge in [-0.2, -0.15) is 0 Å². The molecular weight excluding hydrogens is 307 g/mol. The van der Waals surface area contributed by atoms with E-state index in [1.54, 1.807) is 18.2 Å². The molecule has 0 aliphatic rings. The average Bonchev–Trinajstić information content (AvgIpc) is 2.38. The van der Waals surface area contributed by atoms with Crippen LogP contribution in [-0.2, 0) is 6.42 Å². The van der Waals surface area contributed by atoms with Gasteiger partial charge in [-0.1, -0.05) is 48.1 Å². The first-order valence-corrected chi connectivity index (χ1v) is 6.87. The van der Waals surface area contributed by atoms with Crippen LogP contribution in [0, 0.1) is 0 Å². The van der Waals surface area contributed by atoms with Crippen LogP contribution >= 0.6 is 34.8 Å². The van der Waals surface area contributed by atoms with Gasteiger partial charge in [-0.25, -0.2) is 9.97 Å². The molecule has 0 spiro atoms. The summed E-state index contributed by atoms with van der Waals surface area (Å²) < 4.78 is 5.70. The van der Waals surface area contributed by atoms with Crippen LogP contribution in [0.5, 0.6) is 11.6 Å². The number of rotatable bonds is 4. The first kappa shape index (κ1) is 14.4. The second-order valence-corrected chi connectivity index (χ2v) is 5.08. The van der Waals surface area contributed by atoms with Crippen LogP contribution in [-0.4, -0.2) is 9.97 Å². The van der Waals surface area contributed by atoms with Gasteiger partial charge in [0, 0.05) is 11.1 Å². The van der Waals surface area contributed by atoms with E-state index in [0.717, 1.165) is 18.4 Å². The molecule has 1 aromatic heterocycles. The minimum absolute atomic E-state index is 0.394. The Hall–Kier alpha value is -1.03. The van der Waals surface area contributed by atoms with Crippen LogP contribution < -0.4 is 4.74 Å². The highest BCUT2D eigenvalue weighted by molar-refractivity contribution is 6.34. The molecule has 2 rings (SSSR count). The smallest absolute Gasteiger partial charge is 0.227 e. The molecule has 0 atom stereocenters. The third-order valence-electron chi connectivity index (χ3n) is 2.45. The molecule has 6 heteroatoms. The van der Waals surface area contributed by atoms with Gasteiger partial charge < -0.3 is 4.74 Å². The highest BCUT2D eigenvalue weighted by atomic mass is 35.5. The molecule has 0 aliphatic carbocycles. The van der Waals surface area contributed by atoms with Gasteiger partial charge in [0.1, 0.15) is 17.2 Å². The van der Waals surface area contributed by atoms with E-state index in [4.69, 9.17) is 39.5 Å².